The molecule has 1 saturated heterocycles. The van der Waals surface area contributed by atoms with Crippen LogP contribution in [0.4, 0.5) is 0 Å². The standard InChI is InChI=1S/C14H28N2O2/c1-10(2)16(11(3)4)14(17)8-15-7-13(6)18-9-12(15)5/h10-13H,7-9H2,1-6H3/t12-,13+/m1/s1. The van der Waals surface area contributed by atoms with Crippen molar-refractivity contribution >= 4 is 5.91 Å². The van der Waals surface area contributed by atoms with Crippen molar-refractivity contribution in [2.75, 3.05) is 19.7 Å². The van der Waals surface area contributed by atoms with Gasteiger partial charge in [-0.25, -0.2) is 0 Å². The van der Waals surface area contributed by atoms with E-state index in [1.807, 2.05) is 4.90 Å². The summed E-state index contributed by atoms with van der Waals surface area (Å²) >= 11 is 0. The van der Waals surface area contributed by atoms with E-state index in [-0.39, 0.29) is 24.1 Å². The van der Waals surface area contributed by atoms with E-state index < -0.39 is 0 Å². The van der Waals surface area contributed by atoms with Crippen LogP contribution in [-0.4, -0.2) is 59.6 Å². The molecular formula is C14H28N2O2. The smallest absolute Gasteiger partial charge is 0.237 e. The summed E-state index contributed by atoms with van der Waals surface area (Å²) in [6.45, 7) is 14.5. The van der Waals surface area contributed by atoms with Gasteiger partial charge in [-0.05, 0) is 41.5 Å². The third kappa shape index (κ3) is 3.95. The van der Waals surface area contributed by atoms with Crippen molar-refractivity contribution in [3.8, 4) is 0 Å². The Morgan fingerprint density at radius 1 is 1.28 bits per heavy atom. The first kappa shape index (κ1) is 15.4. The first-order valence-electron chi connectivity index (χ1n) is 6.99. The van der Waals surface area contributed by atoms with Crippen LogP contribution in [0, 0.1) is 0 Å². The second-order valence-electron chi connectivity index (χ2n) is 5.91. The first-order valence-corrected chi connectivity index (χ1v) is 6.99. The number of rotatable bonds is 4. The number of morpholine rings is 1. The molecule has 1 fully saturated rings. The monoisotopic (exact) mass is 256 g/mol. The first-order chi connectivity index (χ1) is 8.32. The van der Waals surface area contributed by atoms with E-state index in [0.717, 1.165) is 13.2 Å². The van der Waals surface area contributed by atoms with Gasteiger partial charge in [-0.15, -0.1) is 0 Å². The van der Waals surface area contributed by atoms with Crippen LogP contribution in [0.2, 0.25) is 0 Å². The van der Waals surface area contributed by atoms with Crippen molar-refractivity contribution in [3.05, 3.63) is 0 Å². The van der Waals surface area contributed by atoms with Crippen molar-refractivity contribution in [2.24, 2.45) is 0 Å². The summed E-state index contributed by atoms with van der Waals surface area (Å²) in [4.78, 5) is 16.6. The summed E-state index contributed by atoms with van der Waals surface area (Å²) in [5.41, 5.74) is 0. The molecule has 0 aromatic carbocycles. The van der Waals surface area contributed by atoms with E-state index in [0.29, 0.717) is 12.6 Å². The number of amides is 1. The predicted octanol–water partition coefficient (Wildman–Crippen LogP) is 1.74. The fraction of sp³-hybridized carbons (Fsp3) is 0.929. The van der Waals surface area contributed by atoms with Gasteiger partial charge in [0.1, 0.15) is 0 Å². The lowest BCUT2D eigenvalue weighted by atomic mass is 10.2. The second-order valence-corrected chi connectivity index (χ2v) is 5.91. The Morgan fingerprint density at radius 3 is 2.33 bits per heavy atom. The molecule has 2 atom stereocenters. The fourth-order valence-corrected chi connectivity index (χ4v) is 2.62. The number of carbonyl (C=O) groups is 1. The van der Waals surface area contributed by atoms with Crippen LogP contribution in [0.5, 0.6) is 0 Å². The van der Waals surface area contributed by atoms with Gasteiger partial charge in [0.15, 0.2) is 0 Å². The van der Waals surface area contributed by atoms with Gasteiger partial charge in [0.05, 0.1) is 19.3 Å². The molecule has 0 radical (unpaired) electrons. The Balaban J connectivity index is 2.61. The number of hydrogen-bond donors (Lipinski definition) is 0. The normalized spacial score (nSPS) is 25.8. The number of ether oxygens (including phenoxy) is 1. The Labute approximate surface area is 111 Å². The highest BCUT2D eigenvalue weighted by atomic mass is 16.5. The highest BCUT2D eigenvalue weighted by Gasteiger charge is 2.28. The summed E-state index contributed by atoms with van der Waals surface area (Å²) in [6, 6.07) is 0.837. The van der Waals surface area contributed by atoms with Crippen molar-refractivity contribution < 1.29 is 9.53 Å². The largest absolute Gasteiger partial charge is 0.376 e. The van der Waals surface area contributed by atoms with E-state index in [4.69, 9.17) is 4.74 Å². The average molecular weight is 256 g/mol. The van der Waals surface area contributed by atoms with Crippen LogP contribution in [0.1, 0.15) is 41.5 Å². The van der Waals surface area contributed by atoms with Crippen molar-refractivity contribution in [3.63, 3.8) is 0 Å². The molecule has 1 rings (SSSR count). The molecule has 106 valence electrons. The maximum atomic E-state index is 12.4. The zero-order chi connectivity index (χ0) is 13.9. The summed E-state index contributed by atoms with van der Waals surface area (Å²) < 4.78 is 5.59. The van der Waals surface area contributed by atoms with Crippen LogP contribution >= 0.6 is 0 Å². The van der Waals surface area contributed by atoms with Crippen LogP contribution in [0.25, 0.3) is 0 Å². The molecular weight excluding hydrogens is 228 g/mol. The minimum atomic E-state index is 0.223. The molecule has 1 aliphatic heterocycles. The SMILES string of the molecule is CC(C)N(C(=O)CN1C[C@H](C)OC[C@H]1C)C(C)C. The third-order valence-corrected chi connectivity index (χ3v) is 3.48. The van der Waals surface area contributed by atoms with Crippen LogP contribution < -0.4 is 0 Å². The summed E-state index contributed by atoms with van der Waals surface area (Å²) in [7, 11) is 0. The van der Waals surface area contributed by atoms with Gasteiger partial charge in [0.2, 0.25) is 5.91 Å². The Hall–Kier alpha value is -0.610. The lowest BCUT2D eigenvalue weighted by molar-refractivity contribution is -0.139. The zero-order valence-corrected chi connectivity index (χ0v) is 12.6. The van der Waals surface area contributed by atoms with E-state index in [9.17, 15) is 4.79 Å². The molecule has 0 bridgehead atoms. The maximum absolute atomic E-state index is 12.4. The van der Waals surface area contributed by atoms with Crippen LogP contribution in [-0.2, 0) is 9.53 Å². The van der Waals surface area contributed by atoms with Gasteiger partial charge in [-0.1, -0.05) is 0 Å². The highest BCUT2D eigenvalue weighted by molar-refractivity contribution is 5.78. The summed E-state index contributed by atoms with van der Waals surface area (Å²) in [5.74, 6) is 0.223. The van der Waals surface area contributed by atoms with Crippen molar-refractivity contribution in [1.82, 2.24) is 9.80 Å². The topological polar surface area (TPSA) is 32.8 Å². The molecule has 0 aliphatic carbocycles. The van der Waals surface area contributed by atoms with Gasteiger partial charge in [-0.2, -0.15) is 0 Å². The second kappa shape index (κ2) is 6.53. The van der Waals surface area contributed by atoms with Gasteiger partial charge >= 0.3 is 0 Å². The average Bonchev–Trinajstić information content (AvgIpc) is 2.22. The lowest BCUT2D eigenvalue weighted by Gasteiger charge is -2.39. The molecule has 1 heterocycles. The van der Waals surface area contributed by atoms with Gasteiger partial charge in [0, 0.05) is 24.7 Å². The predicted molar refractivity (Wildman–Crippen MR) is 73.6 cm³/mol. The van der Waals surface area contributed by atoms with Crippen LogP contribution in [0.3, 0.4) is 0 Å². The van der Waals surface area contributed by atoms with E-state index in [1.54, 1.807) is 0 Å². The van der Waals surface area contributed by atoms with E-state index >= 15 is 0 Å². The lowest BCUT2D eigenvalue weighted by Crippen LogP contribution is -2.53. The molecule has 4 heteroatoms. The fourth-order valence-electron chi connectivity index (χ4n) is 2.62. The molecule has 1 aliphatic rings. The van der Waals surface area contributed by atoms with Crippen molar-refractivity contribution in [2.45, 2.75) is 65.8 Å². The van der Waals surface area contributed by atoms with Gasteiger partial charge in [0.25, 0.3) is 0 Å². The van der Waals surface area contributed by atoms with Gasteiger partial charge in [-0.3, -0.25) is 9.69 Å². The van der Waals surface area contributed by atoms with E-state index in [2.05, 4.69) is 46.4 Å². The molecule has 18 heavy (non-hydrogen) atoms. The molecule has 0 N–H and O–H groups in total. The highest BCUT2D eigenvalue weighted by Crippen LogP contribution is 2.13. The minimum Gasteiger partial charge on any atom is -0.376 e. The molecule has 1 amide bonds. The molecule has 0 unspecified atom stereocenters. The Morgan fingerprint density at radius 2 is 1.83 bits per heavy atom. The number of nitrogens with zero attached hydrogens (tertiary/aromatic N) is 2. The van der Waals surface area contributed by atoms with Gasteiger partial charge < -0.3 is 9.64 Å². The number of carbonyl (C=O) groups excluding carboxylic acids is 1. The molecule has 0 saturated carbocycles. The van der Waals surface area contributed by atoms with Crippen LogP contribution in [0.15, 0.2) is 0 Å². The zero-order valence-electron chi connectivity index (χ0n) is 12.6. The number of hydrogen-bond acceptors (Lipinski definition) is 3. The van der Waals surface area contributed by atoms with Crippen molar-refractivity contribution in [1.29, 1.82) is 0 Å². The summed E-state index contributed by atoms with van der Waals surface area (Å²) in [5, 5.41) is 0. The molecule has 0 aromatic rings. The molecule has 0 aromatic heterocycles. The Bertz CT molecular complexity index is 271. The maximum Gasteiger partial charge on any atom is 0.237 e. The third-order valence-electron chi connectivity index (χ3n) is 3.48. The van der Waals surface area contributed by atoms with E-state index in [1.165, 1.54) is 0 Å². The molecule has 0 spiro atoms. The quantitative estimate of drug-likeness (QED) is 0.768. The minimum absolute atomic E-state index is 0.223. The summed E-state index contributed by atoms with van der Waals surface area (Å²) in [6.07, 6.45) is 0.223. The Kier molecular flexibility index (Phi) is 5.60. The molecule has 4 nitrogen and oxygen atoms in total.